The lowest BCUT2D eigenvalue weighted by molar-refractivity contribution is 0.246. The fourth-order valence-corrected chi connectivity index (χ4v) is 3.51. The van der Waals surface area contributed by atoms with Crippen LogP contribution in [0.1, 0.15) is 32.2 Å². The number of nitrogens with one attached hydrogen (secondary N) is 1. The molecule has 1 aliphatic heterocycles. The minimum atomic E-state index is -0.133. The first-order valence-corrected chi connectivity index (χ1v) is 7.13. The van der Waals surface area contributed by atoms with Gasteiger partial charge in [0, 0.05) is 12.1 Å². The lowest BCUT2D eigenvalue weighted by atomic mass is 10.2. The Morgan fingerprint density at radius 1 is 1.40 bits per heavy atom. The van der Waals surface area contributed by atoms with Gasteiger partial charge in [-0.1, -0.05) is 0 Å². The summed E-state index contributed by atoms with van der Waals surface area (Å²) in [5, 5.41) is 0. The summed E-state index contributed by atoms with van der Waals surface area (Å²) < 4.78 is 1.75. The predicted octanol–water partition coefficient (Wildman–Crippen LogP) is 0.500. The van der Waals surface area contributed by atoms with Crippen LogP contribution >= 0.6 is 0 Å². The molecular weight excluding hydrogens is 256 g/mol. The molecule has 0 aromatic carbocycles. The Labute approximate surface area is 115 Å². The molecule has 1 saturated carbocycles. The Hall–Kier alpha value is -1.89. The second kappa shape index (κ2) is 4.05. The van der Waals surface area contributed by atoms with E-state index in [2.05, 4.69) is 26.8 Å². The average molecular weight is 274 g/mol. The van der Waals surface area contributed by atoms with E-state index in [1.165, 1.54) is 19.2 Å². The molecule has 2 aliphatic rings. The molecule has 1 aliphatic carbocycles. The highest BCUT2D eigenvalue weighted by Gasteiger charge is 2.47. The maximum Gasteiger partial charge on any atom is 0.328 e. The van der Waals surface area contributed by atoms with Crippen molar-refractivity contribution in [2.45, 2.75) is 44.3 Å². The fourth-order valence-electron chi connectivity index (χ4n) is 3.51. The Morgan fingerprint density at radius 3 is 3.00 bits per heavy atom. The smallest absolute Gasteiger partial charge is 0.328 e. The number of likely N-dealkylation sites (tertiary alicyclic amines) is 1. The van der Waals surface area contributed by atoms with Crippen LogP contribution in [0, 0.1) is 0 Å². The number of nitrogen functional groups attached to an aromatic ring is 1. The Morgan fingerprint density at radius 2 is 2.25 bits per heavy atom. The first-order valence-electron chi connectivity index (χ1n) is 7.13. The number of imidazole rings is 1. The zero-order valence-corrected chi connectivity index (χ0v) is 11.4. The molecule has 1 saturated heterocycles. The standard InChI is InChI=1S/C13H18N6O/c1-7-3-2-4-18(7)8-5-9(8)19-12-10(17-13(19)20)11(14)15-6-16-12/h6-9H,2-5H2,1H3,(H,17,20)(H2,14,15,16). The van der Waals surface area contributed by atoms with Crippen LogP contribution in [0.2, 0.25) is 0 Å². The number of aromatic amines is 1. The number of hydrogen-bond donors (Lipinski definition) is 2. The molecule has 0 amide bonds. The summed E-state index contributed by atoms with van der Waals surface area (Å²) in [4.78, 5) is 25.6. The number of H-pyrrole nitrogens is 1. The van der Waals surface area contributed by atoms with Gasteiger partial charge in [-0.3, -0.25) is 9.47 Å². The van der Waals surface area contributed by atoms with E-state index in [1.807, 2.05) is 0 Å². The van der Waals surface area contributed by atoms with Crippen LogP contribution in [0.15, 0.2) is 11.1 Å². The highest BCUT2D eigenvalue weighted by atomic mass is 16.1. The molecule has 3 atom stereocenters. The molecule has 3 heterocycles. The van der Waals surface area contributed by atoms with Gasteiger partial charge in [-0.05, 0) is 32.7 Å². The van der Waals surface area contributed by atoms with E-state index < -0.39 is 0 Å². The van der Waals surface area contributed by atoms with Crippen LogP contribution in [-0.2, 0) is 0 Å². The van der Waals surface area contributed by atoms with E-state index in [-0.39, 0.29) is 11.7 Å². The zero-order valence-electron chi connectivity index (χ0n) is 11.4. The number of aromatic nitrogens is 4. The Balaban J connectivity index is 1.72. The number of rotatable bonds is 2. The fraction of sp³-hybridized carbons (Fsp3) is 0.615. The van der Waals surface area contributed by atoms with Crippen LogP contribution in [0.3, 0.4) is 0 Å². The Bertz CT molecular complexity index is 719. The van der Waals surface area contributed by atoms with Crippen molar-refractivity contribution in [2.24, 2.45) is 0 Å². The summed E-state index contributed by atoms with van der Waals surface area (Å²) >= 11 is 0. The predicted molar refractivity (Wildman–Crippen MR) is 75.4 cm³/mol. The van der Waals surface area contributed by atoms with E-state index in [0.717, 1.165) is 13.0 Å². The third-order valence-electron chi connectivity index (χ3n) is 4.62. The third-order valence-corrected chi connectivity index (χ3v) is 4.62. The van der Waals surface area contributed by atoms with Gasteiger partial charge >= 0.3 is 5.69 Å². The molecule has 3 N–H and O–H groups in total. The molecule has 2 fully saturated rings. The van der Waals surface area contributed by atoms with Gasteiger partial charge in [0.15, 0.2) is 11.5 Å². The maximum absolute atomic E-state index is 12.2. The van der Waals surface area contributed by atoms with E-state index in [1.54, 1.807) is 4.57 Å². The first kappa shape index (κ1) is 11.9. The largest absolute Gasteiger partial charge is 0.382 e. The molecule has 0 radical (unpaired) electrons. The van der Waals surface area contributed by atoms with Gasteiger partial charge in [-0.2, -0.15) is 0 Å². The molecule has 2 aromatic heterocycles. The van der Waals surface area contributed by atoms with Crippen molar-refractivity contribution in [1.29, 1.82) is 0 Å². The number of hydrogen-bond acceptors (Lipinski definition) is 5. The van der Waals surface area contributed by atoms with Crippen molar-refractivity contribution < 1.29 is 0 Å². The molecule has 20 heavy (non-hydrogen) atoms. The van der Waals surface area contributed by atoms with Gasteiger partial charge < -0.3 is 10.7 Å². The summed E-state index contributed by atoms with van der Waals surface area (Å²) in [6, 6.07) is 1.29. The van der Waals surface area contributed by atoms with Crippen LogP contribution in [0.4, 0.5) is 5.82 Å². The second-order valence-electron chi connectivity index (χ2n) is 5.86. The summed E-state index contributed by atoms with van der Waals surface area (Å²) in [7, 11) is 0. The lowest BCUT2D eigenvalue weighted by Crippen LogP contribution is -2.31. The van der Waals surface area contributed by atoms with Gasteiger partial charge in [-0.25, -0.2) is 14.8 Å². The molecule has 106 valence electrons. The molecule has 3 unspecified atom stereocenters. The van der Waals surface area contributed by atoms with Crippen molar-refractivity contribution in [2.75, 3.05) is 12.3 Å². The lowest BCUT2D eigenvalue weighted by Gasteiger charge is -2.21. The van der Waals surface area contributed by atoms with Crippen molar-refractivity contribution in [3.05, 3.63) is 16.8 Å². The average Bonchev–Trinajstić information content (AvgIpc) is 2.93. The SMILES string of the molecule is CC1CCCN1C1CC1n1c(=O)[nH]c2c(N)ncnc21. The monoisotopic (exact) mass is 274 g/mol. The van der Waals surface area contributed by atoms with Crippen LogP contribution < -0.4 is 11.4 Å². The molecule has 4 rings (SSSR count). The number of anilines is 1. The number of nitrogens with two attached hydrogens (primary N) is 1. The minimum Gasteiger partial charge on any atom is -0.382 e. The van der Waals surface area contributed by atoms with Crippen molar-refractivity contribution in [3.8, 4) is 0 Å². The summed E-state index contributed by atoms with van der Waals surface area (Å²) in [6.07, 6.45) is 4.93. The van der Waals surface area contributed by atoms with Crippen molar-refractivity contribution in [1.82, 2.24) is 24.4 Å². The molecule has 0 spiro atoms. The maximum atomic E-state index is 12.2. The molecule has 0 bridgehead atoms. The topological polar surface area (TPSA) is 92.8 Å². The van der Waals surface area contributed by atoms with E-state index in [9.17, 15) is 4.79 Å². The summed E-state index contributed by atoms with van der Waals surface area (Å²) in [5.74, 6) is 0.331. The quantitative estimate of drug-likeness (QED) is 0.832. The van der Waals surface area contributed by atoms with E-state index in [0.29, 0.717) is 29.1 Å². The van der Waals surface area contributed by atoms with Gasteiger partial charge in [-0.15, -0.1) is 0 Å². The highest BCUT2D eigenvalue weighted by molar-refractivity contribution is 5.81. The normalized spacial score (nSPS) is 30.1. The summed E-state index contributed by atoms with van der Waals surface area (Å²) in [5.41, 5.74) is 6.84. The second-order valence-corrected chi connectivity index (χ2v) is 5.86. The number of fused-ring (bicyclic) bond motifs is 1. The van der Waals surface area contributed by atoms with Gasteiger partial charge in [0.25, 0.3) is 0 Å². The van der Waals surface area contributed by atoms with Crippen LogP contribution in [0.5, 0.6) is 0 Å². The zero-order chi connectivity index (χ0) is 13.9. The van der Waals surface area contributed by atoms with Gasteiger partial charge in [0.2, 0.25) is 0 Å². The van der Waals surface area contributed by atoms with E-state index >= 15 is 0 Å². The third kappa shape index (κ3) is 1.59. The highest BCUT2D eigenvalue weighted by Crippen LogP contribution is 2.43. The van der Waals surface area contributed by atoms with Gasteiger partial charge in [0.1, 0.15) is 11.8 Å². The molecule has 7 heteroatoms. The van der Waals surface area contributed by atoms with Crippen molar-refractivity contribution >= 4 is 17.0 Å². The van der Waals surface area contributed by atoms with Crippen molar-refractivity contribution in [3.63, 3.8) is 0 Å². The molecule has 7 nitrogen and oxygen atoms in total. The first-order chi connectivity index (χ1) is 9.66. The van der Waals surface area contributed by atoms with E-state index in [4.69, 9.17) is 5.73 Å². The van der Waals surface area contributed by atoms with Gasteiger partial charge in [0.05, 0.1) is 6.04 Å². The number of nitrogens with zero attached hydrogens (tertiary/aromatic N) is 4. The van der Waals surface area contributed by atoms with Crippen LogP contribution in [0.25, 0.3) is 11.2 Å². The Kier molecular flexibility index (Phi) is 2.41. The minimum absolute atomic E-state index is 0.133. The van der Waals surface area contributed by atoms with Crippen LogP contribution in [-0.4, -0.2) is 43.0 Å². The summed E-state index contributed by atoms with van der Waals surface area (Å²) in [6.45, 7) is 3.40. The molecular formula is C13H18N6O. The molecule has 2 aromatic rings.